The Bertz CT molecular complexity index is 511. The lowest BCUT2D eigenvalue weighted by atomic mass is 10.2. The first-order valence-corrected chi connectivity index (χ1v) is 5.96. The molecule has 3 nitrogen and oxygen atoms in total. The van der Waals surface area contributed by atoms with Crippen molar-refractivity contribution in [1.82, 2.24) is 4.98 Å². The van der Waals surface area contributed by atoms with E-state index in [2.05, 4.69) is 26.2 Å². The third kappa shape index (κ3) is 3.39. The van der Waals surface area contributed by atoms with Gasteiger partial charge in [-0.1, -0.05) is 28.1 Å². The Kier molecular flexibility index (Phi) is 3.88. The summed E-state index contributed by atoms with van der Waals surface area (Å²) in [6.07, 6.45) is 4.03. The second-order valence-electron chi connectivity index (χ2n) is 3.60. The van der Waals surface area contributed by atoms with Gasteiger partial charge in [0.1, 0.15) is 0 Å². The summed E-state index contributed by atoms with van der Waals surface area (Å²) in [4.78, 5) is 14.6. The fraction of sp³-hybridized carbons (Fsp3) is 0.0769. The minimum Gasteiger partial charge on any atom is -0.380 e. The van der Waals surface area contributed by atoms with E-state index in [0.717, 1.165) is 16.4 Å². The lowest BCUT2D eigenvalue weighted by Crippen LogP contribution is -2.00. The van der Waals surface area contributed by atoms with Gasteiger partial charge in [0.2, 0.25) is 0 Å². The number of anilines is 1. The average molecular weight is 291 g/mol. The number of carbonyl (C=O) groups is 1. The number of hydrogen-bond acceptors (Lipinski definition) is 3. The Morgan fingerprint density at radius 2 is 2.00 bits per heavy atom. The largest absolute Gasteiger partial charge is 0.380 e. The minimum absolute atomic E-state index is 0.575. The molecular weight excluding hydrogens is 280 g/mol. The molecule has 2 aromatic rings. The Morgan fingerprint density at radius 3 is 2.71 bits per heavy atom. The highest BCUT2D eigenvalue weighted by Gasteiger charge is 1.96. The summed E-state index contributed by atoms with van der Waals surface area (Å²) in [6.45, 7) is 0.706. The van der Waals surface area contributed by atoms with Gasteiger partial charge < -0.3 is 5.32 Å². The molecule has 0 saturated heterocycles. The van der Waals surface area contributed by atoms with Gasteiger partial charge in [-0.3, -0.25) is 9.78 Å². The summed E-state index contributed by atoms with van der Waals surface area (Å²) in [5.74, 6) is 0. The lowest BCUT2D eigenvalue weighted by molar-refractivity contribution is 0.112. The summed E-state index contributed by atoms with van der Waals surface area (Å²) in [5, 5.41) is 3.22. The van der Waals surface area contributed by atoms with Crippen molar-refractivity contribution in [2.24, 2.45) is 0 Å². The maximum absolute atomic E-state index is 10.6. The Labute approximate surface area is 108 Å². The van der Waals surface area contributed by atoms with Gasteiger partial charge in [0.15, 0.2) is 6.29 Å². The van der Waals surface area contributed by atoms with E-state index >= 15 is 0 Å². The molecule has 86 valence electrons. The Balaban J connectivity index is 2.01. The highest BCUT2D eigenvalue weighted by Crippen LogP contribution is 2.13. The fourth-order valence-corrected chi connectivity index (χ4v) is 1.69. The number of carbonyl (C=O) groups excluding carboxylic acids is 1. The first-order valence-electron chi connectivity index (χ1n) is 5.16. The topological polar surface area (TPSA) is 42.0 Å². The zero-order valence-corrected chi connectivity index (χ0v) is 10.6. The van der Waals surface area contributed by atoms with Crippen LogP contribution in [0.2, 0.25) is 0 Å². The summed E-state index contributed by atoms with van der Waals surface area (Å²) in [7, 11) is 0. The van der Waals surface area contributed by atoms with Crippen molar-refractivity contribution in [3.63, 3.8) is 0 Å². The van der Waals surface area contributed by atoms with Crippen molar-refractivity contribution in [2.45, 2.75) is 6.54 Å². The molecule has 0 aliphatic heterocycles. The average Bonchev–Trinajstić information content (AvgIpc) is 2.38. The maximum Gasteiger partial charge on any atom is 0.151 e. The molecule has 0 spiro atoms. The Morgan fingerprint density at radius 1 is 1.24 bits per heavy atom. The van der Waals surface area contributed by atoms with Crippen molar-refractivity contribution in [2.75, 3.05) is 5.32 Å². The molecule has 4 heteroatoms. The van der Waals surface area contributed by atoms with Crippen molar-refractivity contribution in [3.8, 4) is 0 Å². The van der Waals surface area contributed by atoms with E-state index in [-0.39, 0.29) is 0 Å². The van der Waals surface area contributed by atoms with Gasteiger partial charge in [-0.15, -0.1) is 0 Å². The number of benzene rings is 1. The molecule has 2 rings (SSSR count). The molecule has 1 aromatic carbocycles. The van der Waals surface area contributed by atoms with E-state index in [4.69, 9.17) is 0 Å². The van der Waals surface area contributed by atoms with Crippen molar-refractivity contribution in [3.05, 3.63) is 58.3 Å². The number of aromatic nitrogens is 1. The van der Waals surface area contributed by atoms with Crippen LogP contribution in [0.15, 0.2) is 47.2 Å². The normalized spacial score (nSPS) is 9.94. The minimum atomic E-state index is 0.575. The number of aldehydes is 1. The molecule has 0 fully saturated rings. The van der Waals surface area contributed by atoms with E-state index in [9.17, 15) is 4.79 Å². The molecule has 0 unspecified atom stereocenters. The predicted octanol–water partition coefficient (Wildman–Crippen LogP) is 3.27. The van der Waals surface area contributed by atoms with Crippen LogP contribution in [0, 0.1) is 0 Å². The van der Waals surface area contributed by atoms with Gasteiger partial charge in [0.05, 0.1) is 5.69 Å². The summed E-state index contributed by atoms with van der Waals surface area (Å²) >= 11 is 3.39. The maximum atomic E-state index is 10.6. The summed E-state index contributed by atoms with van der Waals surface area (Å²) < 4.78 is 1.06. The smallest absolute Gasteiger partial charge is 0.151 e. The first-order chi connectivity index (χ1) is 8.28. The summed E-state index contributed by atoms with van der Waals surface area (Å²) in [5.41, 5.74) is 2.59. The van der Waals surface area contributed by atoms with Crippen LogP contribution in [0.5, 0.6) is 0 Å². The van der Waals surface area contributed by atoms with E-state index in [1.165, 1.54) is 11.8 Å². The molecule has 0 saturated carbocycles. The zero-order valence-electron chi connectivity index (χ0n) is 9.06. The SMILES string of the molecule is O=Cc1cncc(NCc2ccc(Br)cc2)c1. The lowest BCUT2D eigenvalue weighted by Gasteiger charge is -2.06. The molecule has 0 radical (unpaired) electrons. The third-order valence-corrected chi connectivity index (χ3v) is 2.83. The number of rotatable bonds is 4. The van der Waals surface area contributed by atoms with Gasteiger partial charge >= 0.3 is 0 Å². The van der Waals surface area contributed by atoms with Crippen LogP contribution in [0.1, 0.15) is 15.9 Å². The first kappa shape index (κ1) is 11.8. The highest BCUT2D eigenvalue weighted by molar-refractivity contribution is 9.10. The molecule has 1 N–H and O–H groups in total. The van der Waals surface area contributed by atoms with Crippen LogP contribution in [-0.4, -0.2) is 11.3 Å². The van der Waals surface area contributed by atoms with Gasteiger partial charge in [0, 0.05) is 29.0 Å². The van der Waals surface area contributed by atoms with Crippen LogP contribution in [-0.2, 0) is 6.54 Å². The molecule has 17 heavy (non-hydrogen) atoms. The number of hydrogen-bond donors (Lipinski definition) is 1. The van der Waals surface area contributed by atoms with E-state index in [0.29, 0.717) is 12.1 Å². The molecule has 0 amide bonds. The second-order valence-corrected chi connectivity index (χ2v) is 4.52. The number of pyridine rings is 1. The molecule has 0 atom stereocenters. The van der Waals surface area contributed by atoms with E-state index < -0.39 is 0 Å². The van der Waals surface area contributed by atoms with Gasteiger partial charge in [-0.05, 0) is 23.8 Å². The molecule has 0 aliphatic carbocycles. The van der Waals surface area contributed by atoms with Gasteiger partial charge in [0.25, 0.3) is 0 Å². The van der Waals surface area contributed by atoms with E-state index in [1.54, 1.807) is 12.3 Å². The second kappa shape index (κ2) is 5.59. The van der Waals surface area contributed by atoms with Crippen LogP contribution in [0.3, 0.4) is 0 Å². The Hall–Kier alpha value is -1.68. The summed E-state index contributed by atoms with van der Waals surface area (Å²) in [6, 6.07) is 9.84. The zero-order chi connectivity index (χ0) is 12.1. The number of nitrogens with zero attached hydrogens (tertiary/aromatic N) is 1. The molecule has 1 aromatic heterocycles. The highest BCUT2D eigenvalue weighted by atomic mass is 79.9. The van der Waals surface area contributed by atoms with Crippen molar-refractivity contribution < 1.29 is 4.79 Å². The van der Waals surface area contributed by atoms with Crippen LogP contribution in [0.25, 0.3) is 0 Å². The van der Waals surface area contributed by atoms with Crippen LogP contribution in [0.4, 0.5) is 5.69 Å². The molecule has 1 heterocycles. The molecule has 0 bridgehead atoms. The van der Waals surface area contributed by atoms with Crippen molar-refractivity contribution >= 4 is 27.9 Å². The van der Waals surface area contributed by atoms with E-state index in [1.807, 2.05) is 24.3 Å². The van der Waals surface area contributed by atoms with Gasteiger partial charge in [-0.2, -0.15) is 0 Å². The van der Waals surface area contributed by atoms with Crippen molar-refractivity contribution in [1.29, 1.82) is 0 Å². The quantitative estimate of drug-likeness (QED) is 0.879. The monoisotopic (exact) mass is 290 g/mol. The molecule has 0 aliphatic rings. The van der Waals surface area contributed by atoms with Crippen LogP contribution >= 0.6 is 15.9 Å². The van der Waals surface area contributed by atoms with Crippen LogP contribution < -0.4 is 5.32 Å². The fourth-order valence-electron chi connectivity index (χ4n) is 1.43. The number of nitrogens with one attached hydrogen (secondary N) is 1. The molecular formula is C13H11BrN2O. The number of halogens is 1. The third-order valence-electron chi connectivity index (χ3n) is 2.31. The predicted molar refractivity (Wildman–Crippen MR) is 71.1 cm³/mol. The standard InChI is InChI=1S/C13H11BrN2O/c14-12-3-1-10(2-4-12)7-16-13-5-11(9-17)6-15-8-13/h1-6,8-9,16H,7H2. The van der Waals surface area contributed by atoms with Gasteiger partial charge in [-0.25, -0.2) is 0 Å².